The molecule has 2 aromatic heterocycles. The molecule has 19 heavy (non-hydrogen) atoms. The van der Waals surface area contributed by atoms with Crippen molar-refractivity contribution in [3.63, 3.8) is 0 Å². The molecular formula is C14H18ClN3S. The SMILES string of the molecule is CC1(C)C(Cn2c(=S)[nH]c3cc(Cl)cnc32)C1(C)C. The van der Waals surface area contributed by atoms with Crippen LogP contribution in [-0.2, 0) is 6.54 Å². The lowest BCUT2D eigenvalue weighted by atomic mass is 10.0. The quantitative estimate of drug-likeness (QED) is 0.832. The molecule has 1 N–H and O–H groups in total. The van der Waals surface area contributed by atoms with Gasteiger partial charge in [-0.2, -0.15) is 0 Å². The number of imidazole rings is 1. The van der Waals surface area contributed by atoms with Crippen molar-refractivity contribution in [2.24, 2.45) is 16.7 Å². The maximum absolute atomic E-state index is 5.96. The standard InChI is InChI=1S/C14H18ClN3S/c1-13(2)10(14(13,3)4)7-18-11-9(17-12(18)19)5-8(15)6-16-11/h5-6,10H,7H2,1-4H3,(H,17,19). The Balaban J connectivity index is 2.03. The van der Waals surface area contributed by atoms with Gasteiger partial charge in [0.2, 0.25) is 0 Å². The normalized spacial score (nSPS) is 20.9. The van der Waals surface area contributed by atoms with Crippen LogP contribution < -0.4 is 0 Å². The summed E-state index contributed by atoms with van der Waals surface area (Å²) in [6.07, 6.45) is 1.67. The number of hydrogen-bond donors (Lipinski definition) is 1. The number of H-pyrrole nitrogens is 1. The highest BCUT2D eigenvalue weighted by molar-refractivity contribution is 7.71. The van der Waals surface area contributed by atoms with E-state index in [1.54, 1.807) is 6.20 Å². The number of fused-ring (bicyclic) bond motifs is 1. The summed E-state index contributed by atoms with van der Waals surface area (Å²) in [4.78, 5) is 7.60. The first-order chi connectivity index (χ1) is 8.75. The third-order valence-electron chi connectivity index (χ3n) is 5.26. The highest BCUT2D eigenvalue weighted by Crippen LogP contribution is 2.68. The average molecular weight is 296 g/mol. The van der Waals surface area contributed by atoms with Gasteiger partial charge < -0.3 is 9.55 Å². The van der Waals surface area contributed by atoms with Crippen LogP contribution in [0.15, 0.2) is 12.3 Å². The van der Waals surface area contributed by atoms with Gasteiger partial charge in [0.05, 0.1) is 10.5 Å². The molecule has 0 atom stereocenters. The predicted octanol–water partition coefficient (Wildman–Crippen LogP) is 4.43. The van der Waals surface area contributed by atoms with E-state index in [0.29, 0.717) is 21.8 Å². The van der Waals surface area contributed by atoms with Crippen molar-refractivity contribution in [2.75, 3.05) is 0 Å². The fourth-order valence-corrected chi connectivity index (χ4v) is 3.59. The number of aromatic nitrogens is 3. The minimum absolute atomic E-state index is 0.345. The van der Waals surface area contributed by atoms with Crippen LogP contribution in [0.2, 0.25) is 5.02 Å². The van der Waals surface area contributed by atoms with Gasteiger partial charge in [0.1, 0.15) is 0 Å². The Labute approximate surface area is 123 Å². The molecule has 0 amide bonds. The zero-order valence-electron chi connectivity index (χ0n) is 11.6. The first kappa shape index (κ1) is 13.1. The lowest BCUT2D eigenvalue weighted by Crippen LogP contribution is -2.05. The Morgan fingerprint density at radius 1 is 1.37 bits per heavy atom. The molecule has 3 rings (SSSR count). The van der Waals surface area contributed by atoms with Crippen molar-refractivity contribution in [1.29, 1.82) is 0 Å². The molecule has 0 bridgehead atoms. The summed E-state index contributed by atoms with van der Waals surface area (Å²) in [5, 5.41) is 0.628. The van der Waals surface area contributed by atoms with Crippen LogP contribution in [0.3, 0.4) is 0 Å². The molecule has 1 saturated carbocycles. The van der Waals surface area contributed by atoms with E-state index in [2.05, 4.69) is 42.2 Å². The monoisotopic (exact) mass is 295 g/mol. The van der Waals surface area contributed by atoms with Gasteiger partial charge in [-0.3, -0.25) is 0 Å². The number of pyridine rings is 1. The first-order valence-corrected chi connectivity index (χ1v) is 7.28. The molecule has 102 valence electrons. The van der Waals surface area contributed by atoms with E-state index in [4.69, 9.17) is 23.8 Å². The van der Waals surface area contributed by atoms with E-state index in [9.17, 15) is 0 Å². The summed E-state index contributed by atoms with van der Waals surface area (Å²) in [6, 6.07) is 1.87. The molecule has 1 aliphatic carbocycles. The summed E-state index contributed by atoms with van der Waals surface area (Å²) >= 11 is 11.4. The zero-order chi connectivity index (χ0) is 14.0. The van der Waals surface area contributed by atoms with E-state index in [1.807, 2.05) is 6.07 Å². The second-order valence-corrected chi connectivity index (χ2v) is 7.38. The molecule has 0 radical (unpaired) electrons. The van der Waals surface area contributed by atoms with Crippen molar-refractivity contribution in [1.82, 2.24) is 14.5 Å². The van der Waals surface area contributed by atoms with E-state index >= 15 is 0 Å². The van der Waals surface area contributed by atoms with Crippen molar-refractivity contribution < 1.29 is 0 Å². The highest BCUT2D eigenvalue weighted by Gasteiger charge is 2.64. The lowest BCUT2D eigenvalue weighted by Gasteiger charge is -2.05. The van der Waals surface area contributed by atoms with Crippen molar-refractivity contribution in [3.8, 4) is 0 Å². The molecule has 0 spiro atoms. The van der Waals surface area contributed by atoms with Crippen LogP contribution in [-0.4, -0.2) is 14.5 Å². The molecule has 1 fully saturated rings. The summed E-state index contributed by atoms with van der Waals surface area (Å²) < 4.78 is 2.82. The molecule has 0 aliphatic heterocycles. The van der Waals surface area contributed by atoms with E-state index in [-0.39, 0.29) is 0 Å². The molecule has 1 aliphatic rings. The van der Waals surface area contributed by atoms with Crippen LogP contribution in [0.4, 0.5) is 0 Å². The maximum atomic E-state index is 5.96. The van der Waals surface area contributed by atoms with Crippen molar-refractivity contribution in [3.05, 3.63) is 22.1 Å². The van der Waals surface area contributed by atoms with Crippen LogP contribution >= 0.6 is 23.8 Å². The molecule has 5 heteroatoms. The summed E-state index contributed by atoms with van der Waals surface area (Å²) in [7, 11) is 0. The summed E-state index contributed by atoms with van der Waals surface area (Å²) in [5.41, 5.74) is 2.50. The summed E-state index contributed by atoms with van der Waals surface area (Å²) in [5.74, 6) is 0.614. The van der Waals surface area contributed by atoms with Crippen LogP contribution in [0.25, 0.3) is 11.2 Å². The maximum Gasteiger partial charge on any atom is 0.179 e. The van der Waals surface area contributed by atoms with Crippen molar-refractivity contribution >= 4 is 35.0 Å². The Morgan fingerprint density at radius 2 is 2.00 bits per heavy atom. The molecule has 0 unspecified atom stereocenters. The number of rotatable bonds is 2. The minimum atomic E-state index is 0.345. The molecule has 3 nitrogen and oxygen atoms in total. The van der Waals surface area contributed by atoms with Gasteiger partial charge in [-0.05, 0) is 35.0 Å². The predicted molar refractivity (Wildman–Crippen MR) is 81.0 cm³/mol. The molecular weight excluding hydrogens is 278 g/mol. The van der Waals surface area contributed by atoms with E-state index in [1.165, 1.54) is 0 Å². The largest absolute Gasteiger partial charge is 0.329 e. The third kappa shape index (κ3) is 1.77. The zero-order valence-corrected chi connectivity index (χ0v) is 13.2. The number of nitrogens with zero attached hydrogens (tertiary/aromatic N) is 2. The topological polar surface area (TPSA) is 33.6 Å². The van der Waals surface area contributed by atoms with Crippen molar-refractivity contribution in [2.45, 2.75) is 34.2 Å². The van der Waals surface area contributed by atoms with Gasteiger partial charge in [-0.25, -0.2) is 4.98 Å². The second kappa shape index (κ2) is 3.83. The Kier molecular flexibility index (Phi) is 2.64. The van der Waals surface area contributed by atoms with Gasteiger partial charge in [-0.15, -0.1) is 0 Å². The Bertz CT molecular complexity index is 697. The number of nitrogens with one attached hydrogen (secondary N) is 1. The number of hydrogen-bond acceptors (Lipinski definition) is 2. The Hall–Kier alpha value is -0.870. The number of aromatic amines is 1. The fourth-order valence-electron chi connectivity index (χ4n) is 3.16. The smallest absolute Gasteiger partial charge is 0.179 e. The number of halogens is 1. The molecule has 2 aromatic rings. The molecule has 2 heterocycles. The van der Waals surface area contributed by atoms with Crippen LogP contribution in [0, 0.1) is 21.5 Å². The summed E-state index contributed by atoms with van der Waals surface area (Å²) in [6.45, 7) is 10.2. The van der Waals surface area contributed by atoms with Gasteiger partial charge in [0.15, 0.2) is 10.4 Å². The molecule has 0 aromatic carbocycles. The van der Waals surface area contributed by atoms with E-state index in [0.717, 1.165) is 22.5 Å². The van der Waals surface area contributed by atoms with Crippen LogP contribution in [0.1, 0.15) is 27.7 Å². The first-order valence-electron chi connectivity index (χ1n) is 6.49. The Morgan fingerprint density at radius 3 is 2.58 bits per heavy atom. The van der Waals surface area contributed by atoms with Crippen LogP contribution in [0.5, 0.6) is 0 Å². The average Bonchev–Trinajstić information content (AvgIpc) is 2.57. The van der Waals surface area contributed by atoms with Gasteiger partial charge in [0.25, 0.3) is 0 Å². The lowest BCUT2D eigenvalue weighted by molar-refractivity contribution is 0.457. The second-order valence-electron chi connectivity index (χ2n) is 6.56. The molecule has 0 saturated heterocycles. The van der Waals surface area contributed by atoms with Gasteiger partial charge >= 0.3 is 0 Å². The van der Waals surface area contributed by atoms with E-state index < -0.39 is 0 Å². The fraction of sp³-hybridized carbons (Fsp3) is 0.571. The highest BCUT2D eigenvalue weighted by atomic mass is 35.5. The van der Waals surface area contributed by atoms with Gasteiger partial charge in [0, 0.05) is 12.7 Å². The third-order valence-corrected chi connectivity index (χ3v) is 5.79. The van der Waals surface area contributed by atoms with Gasteiger partial charge in [-0.1, -0.05) is 39.3 Å². The minimum Gasteiger partial charge on any atom is -0.329 e.